The van der Waals surface area contributed by atoms with Crippen LogP contribution in [0.15, 0.2) is 47.1 Å². The van der Waals surface area contributed by atoms with Crippen molar-refractivity contribution >= 4 is 17.9 Å². The van der Waals surface area contributed by atoms with Gasteiger partial charge in [0.2, 0.25) is 11.8 Å². The van der Waals surface area contributed by atoms with E-state index < -0.39 is 0 Å². The number of hydrogen-bond acceptors (Lipinski definition) is 5. The Balaban J connectivity index is 1.81. The highest BCUT2D eigenvalue weighted by atomic mass is 16.5. The molecule has 2 rings (SSSR count). The number of ether oxygens (including phenoxy) is 2. The van der Waals surface area contributed by atoms with Crippen LogP contribution in [0.3, 0.4) is 0 Å². The van der Waals surface area contributed by atoms with Crippen LogP contribution in [-0.4, -0.2) is 32.6 Å². The fourth-order valence-corrected chi connectivity index (χ4v) is 1.99. The molecule has 25 heavy (non-hydrogen) atoms. The number of amides is 2. The van der Waals surface area contributed by atoms with Crippen molar-refractivity contribution < 1.29 is 23.5 Å². The molecule has 132 valence electrons. The number of carbonyl (C=O) groups excluding carboxylic acids is 2. The highest BCUT2D eigenvalue weighted by Crippen LogP contribution is 2.23. The first-order chi connectivity index (χ1) is 12.1. The quantitative estimate of drug-likeness (QED) is 0.712. The number of rotatable bonds is 8. The van der Waals surface area contributed by atoms with Gasteiger partial charge in [-0.1, -0.05) is 0 Å². The summed E-state index contributed by atoms with van der Waals surface area (Å²) in [4.78, 5) is 23.5. The van der Waals surface area contributed by atoms with Gasteiger partial charge in [0, 0.05) is 12.1 Å². The Labute approximate surface area is 145 Å². The van der Waals surface area contributed by atoms with Crippen LogP contribution in [0.2, 0.25) is 0 Å². The predicted octanol–water partition coefficient (Wildman–Crippen LogP) is 1.74. The van der Waals surface area contributed by atoms with Gasteiger partial charge in [0.25, 0.3) is 0 Å². The fourth-order valence-electron chi connectivity index (χ4n) is 1.99. The molecule has 1 aromatic carbocycles. The average Bonchev–Trinajstić information content (AvgIpc) is 3.16. The molecular formula is C18H20N2O5. The molecule has 0 spiro atoms. The third-order valence-corrected chi connectivity index (χ3v) is 3.26. The highest BCUT2D eigenvalue weighted by molar-refractivity contribution is 5.94. The van der Waals surface area contributed by atoms with Gasteiger partial charge in [0.05, 0.1) is 33.6 Å². The molecule has 0 atom stereocenters. The monoisotopic (exact) mass is 344 g/mol. The lowest BCUT2D eigenvalue weighted by atomic mass is 10.2. The van der Waals surface area contributed by atoms with E-state index in [1.165, 1.54) is 12.3 Å². The molecule has 7 nitrogen and oxygen atoms in total. The molecule has 2 aromatic rings. The first-order valence-electron chi connectivity index (χ1n) is 7.59. The fraction of sp³-hybridized carbons (Fsp3) is 0.222. The number of methoxy groups -OCH3 is 2. The molecule has 0 unspecified atom stereocenters. The van der Waals surface area contributed by atoms with E-state index in [9.17, 15) is 9.59 Å². The number of furan rings is 1. The van der Waals surface area contributed by atoms with Gasteiger partial charge in [-0.3, -0.25) is 9.59 Å². The zero-order chi connectivity index (χ0) is 18.1. The van der Waals surface area contributed by atoms with Crippen LogP contribution < -0.4 is 20.1 Å². The Kier molecular flexibility index (Phi) is 6.65. The molecule has 2 N–H and O–H groups in total. The third-order valence-electron chi connectivity index (χ3n) is 3.26. The summed E-state index contributed by atoms with van der Waals surface area (Å²) in [5.41, 5.74) is 0.744. The lowest BCUT2D eigenvalue weighted by molar-refractivity contribution is -0.124. The topological polar surface area (TPSA) is 89.8 Å². The van der Waals surface area contributed by atoms with Crippen LogP contribution in [0.25, 0.3) is 6.08 Å². The van der Waals surface area contributed by atoms with Crippen molar-refractivity contribution in [3.8, 4) is 11.5 Å². The van der Waals surface area contributed by atoms with Crippen molar-refractivity contribution in [2.45, 2.75) is 6.54 Å². The Morgan fingerprint density at radius 2 is 1.84 bits per heavy atom. The summed E-state index contributed by atoms with van der Waals surface area (Å²) < 4.78 is 15.4. The number of nitrogens with one attached hydrogen (secondary N) is 2. The molecule has 1 heterocycles. The van der Waals surface area contributed by atoms with E-state index in [0.717, 1.165) is 5.56 Å². The molecule has 0 bridgehead atoms. The molecule has 0 aliphatic heterocycles. The molecule has 0 aliphatic rings. The summed E-state index contributed by atoms with van der Waals surface area (Å²) in [6.45, 7) is 0.159. The number of hydrogen-bond donors (Lipinski definition) is 2. The molecule has 1 aromatic heterocycles. The second kappa shape index (κ2) is 9.17. The van der Waals surface area contributed by atoms with Gasteiger partial charge in [-0.2, -0.15) is 0 Å². The second-order valence-corrected chi connectivity index (χ2v) is 5.05. The maximum absolute atomic E-state index is 11.8. The van der Waals surface area contributed by atoms with Gasteiger partial charge in [-0.25, -0.2) is 0 Å². The van der Waals surface area contributed by atoms with E-state index in [0.29, 0.717) is 17.3 Å². The first kappa shape index (κ1) is 18.1. The summed E-state index contributed by atoms with van der Waals surface area (Å²) in [6.07, 6.45) is 4.48. The van der Waals surface area contributed by atoms with Crippen LogP contribution in [0.5, 0.6) is 11.5 Å². The normalized spacial score (nSPS) is 10.5. The maximum Gasteiger partial charge on any atom is 0.244 e. The van der Waals surface area contributed by atoms with Gasteiger partial charge in [0.1, 0.15) is 17.3 Å². The van der Waals surface area contributed by atoms with Crippen LogP contribution in [0, 0.1) is 0 Å². The van der Waals surface area contributed by atoms with Crippen molar-refractivity contribution in [1.82, 2.24) is 10.6 Å². The Bertz CT molecular complexity index is 716. The minimum Gasteiger partial charge on any atom is -0.497 e. The minimum atomic E-state index is -0.380. The second-order valence-electron chi connectivity index (χ2n) is 5.05. The summed E-state index contributed by atoms with van der Waals surface area (Å²) >= 11 is 0. The molecule has 0 saturated heterocycles. The van der Waals surface area contributed by atoms with Crippen LogP contribution in [-0.2, 0) is 16.1 Å². The van der Waals surface area contributed by atoms with E-state index in [1.807, 2.05) is 0 Å². The minimum absolute atomic E-state index is 0.120. The molecule has 0 saturated carbocycles. The standard InChI is InChI=1S/C18H20N2O5/c1-23-15-8-13(9-16(10-15)24-2)5-6-17(21)20-12-18(22)19-11-14-4-3-7-25-14/h3-10H,11-12H2,1-2H3,(H,19,22)(H,20,21)/b6-5+. The lowest BCUT2D eigenvalue weighted by Gasteiger charge is -2.06. The van der Waals surface area contributed by atoms with Crippen LogP contribution >= 0.6 is 0 Å². The Hall–Kier alpha value is -3.22. The summed E-state index contributed by atoms with van der Waals surface area (Å²) in [6, 6.07) is 8.76. The zero-order valence-corrected chi connectivity index (χ0v) is 14.1. The van der Waals surface area contributed by atoms with Crippen LogP contribution in [0.1, 0.15) is 11.3 Å². The van der Waals surface area contributed by atoms with Crippen molar-refractivity contribution in [2.75, 3.05) is 20.8 Å². The van der Waals surface area contributed by atoms with E-state index in [-0.39, 0.29) is 24.9 Å². The van der Waals surface area contributed by atoms with Crippen molar-refractivity contribution in [3.63, 3.8) is 0 Å². The van der Waals surface area contributed by atoms with Gasteiger partial charge in [-0.05, 0) is 35.9 Å². The van der Waals surface area contributed by atoms with E-state index in [1.54, 1.807) is 50.6 Å². The number of carbonyl (C=O) groups is 2. The predicted molar refractivity (Wildman–Crippen MR) is 92.1 cm³/mol. The SMILES string of the molecule is COc1cc(/C=C/C(=O)NCC(=O)NCc2ccco2)cc(OC)c1. The smallest absolute Gasteiger partial charge is 0.244 e. The average molecular weight is 344 g/mol. The summed E-state index contributed by atoms with van der Waals surface area (Å²) in [5, 5.41) is 5.15. The van der Waals surface area contributed by atoms with E-state index in [2.05, 4.69) is 10.6 Å². The molecule has 2 amide bonds. The third kappa shape index (κ3) is 6.06. The maximum atomic E-state index is 11.8. The zero-order valence-electron chi connectivity index (χ0n) is 14.1. The number of benzene rings is 1. The largest absolute Gasteiger partial charge is 0.497 e. The van der Waals surface area contributed by atoms with Gasteiger partial charge >= 0.3 is 0 Å². The highest BCUT2D eigenvalue weighted by Gasteiger charge is 2.05. The first-order valence-corrected chi connectivity index (χ1v) is 7.59. The van der Waals surface area contributed by atoms with E-state index >= 15 is 0 Å². The van der Waals surface area contributed by atoms with Gasteiger partial charge in [0.15, 0.2) is 0 Å². The molecule has 0 aliphatic carbocycles. The lowest BCUT2D eigenvalue weighted by Crippen LogP contribution is -2.35. The van der Waals surface area contributed by atoms with Crippen molar-refractivity contribution in [3.05, 3.63) is 54.0 Å². The van der Waals surface area contributed by atoms with Crippen molar-refractivity contribution in [1.29, 1.82) is 0 Å². The van der Waals surface area contributed by atoms with Crippen LogP contribution in [0.4, 0.5) is 0 Å². The Morgan fingerprint density at radius 3 is 2.44 bits per heavy atom. The molecular weight excluding hydrogens is 324 g/mol. The molecule has 7 heteroatoms. The summed E-state index contributed by atoms with van der Waals surface area (Å²) in [7, 11) is 3.10. The summed E-state index contributed by atoms with van der Waals surface area (Å²) in [5.74, 6) is 1.20. The van der Waals surface area contributed by atoms with Gasteiger partial charge < -0.3 is 24.5 Å². The Morgan fingerprint density at radius 1 is 1.12 bits per heavy atom. The van der Waals surface area contributed by atoms with E-state index in [4.69, 9.17) is 13.9 Å². The van der Waals surface area contributed by atoms with Gasteiger partial charge in [-0.15, -0.1) is 0 Å². The molecule has 0 fully saturated rings. The van der Waals surface area contributed by atoms with Crippen molar-refractivity contribution in [2.24, 2.45) is 0 Å². The molecule has 0 radical (unpaired) electrons.